The van der Waals surface area contributed by atoms with Gasteiger partial charge in [0.05, 0.1) is 19.1 Å². The summed E-state index contributed by atoms with van der Waals surface area (Å²) in [7, 11) is 0. The van der Waals surface area contributed by atoms with Crippen molar-refractivity contribution in [3.05, 3.63) is 5.01 Å². The summed E-state index contributed by atoms with van der Waals surface area (Å²) in [5.41, 5.74) is 0. The van der Waals surface area contributed by atoms with Crippen molar-refractivity contribution in [3.63, 3.8) is 0 Å². The molecule has 0 spiro atoms. The van der Waals surface area contributed by atoms with E-state index in [2.05, 4.69) is 15.1 Å². The van der Waals surface area contributed by atoms with Crippen LogP contribution in [-0.2, 0) is 9.53 Å². The highest BCUT2D eigenvalue weighted by atomic mass is 32.1. The van der Waals surface area contributed by atoms with Gasteiger partial charge in [-0.05, 0) is 19.8 Å². The van der Waals surface area contributed by atoms with E-state index in [0.29, 0.717) is 13.2 Å². The Morgan fingerprint density at radius 2 is 2.10 bits per heavy atom. The quantitative estimate of drug-likeness (QED) is 0.812. The topological polar surface area (TPSA) is 58.6 Å². The Morgan fingerprint density at radius 1 is 1.30 bits per heavy atom. The summed E-state index contributed by atoms with van der Waals surface area (Å²) in [5.74, 6) is 0.366. The van der Waals surface area contributed by atoms with E-state index < -0.39 is 0 Å². The molecule has 0 saturated carbocycles. The first-order chi connectivity index (χ1) is 9.74. The van der Waals surface area contributed by atoms with Crippen molar-refractivity contribution < 1.29 is 9.53 Å². The molecule has 3 heterocycles. The number of carbonyl (C=O) groups is 1. The zero-order valence-electron chi connectivity index (χ0n) is 11.7. The van der Waals surface area contributed by atoms with Gasteiger partial charge in [0.15, 0.2) is 0 Å². The molecule has 1 amide bonds. The maximum absolute atomic E-state index is 12.5. The minimum absolute atomic E-state index is 0.0889. The van der Waals surface area contributed by atoms with Crippen molar-refractivity contribution in [1.82, 2.24) is 15.1 Å². The molecule has 1 unspecified atom stereocenters. The van der Waals surface area contributed by atoms with E-state index in [9.17, 15) is 4.79 Å². The molecule has 2 saturated heterocycles. The lowest BCUT2D eigenvalue weighted by atomic mass is 9.96. The summed E-state index contributed by atoms with van der Waals surface area (Å²) in [6, 6.07) is 0. The summed E-state index contributed by atoms with van der Waals surface area (Å²) in [4.78, 5) is 16.7. The van der Waals surface area contributed by atoms with Crippen LogP contribution in [0.5, 0.6) is 0 Å². The fourth-order valence-electron chi connectivity index (χ4n) is 2.81. The zero-order valence-corrected chi connectivity index (χ0v) is 12.6. The third-order valence-corrected chi connectivity index (χ3v) is 4.78. The molecule has 20 heavy (non-hydrogen) atoms. The number of aryl methyl sites for hydroxylation is 1. The molecule has 0 N–H and O–H groups in total. The molecule has 0 radical (unpaired) electrons. The largest absolute Gasteiger partial charge is 0.378 e. The summed E-state index contributed by atoms with van der Waals surface area (Å²) >= 11 is 1.60. The Morgan fingerprint density at radius 3 is 2.80 bits per heavy atom. The van der Waals surface area contributed by atoms with E-state index in [1.165, 1.54) is 0 Å². The first-order valence-corrected chi connectivity index (χ1v) is 7.97. The van der Waals surface area contributed by atoms with Crippen molar-refractivity contribution in [2.24, 2.45) is 5.92 Å². The van der Waals surface area contributed by atoms with Crippen LogP contribution in [0.3, 0.4) is 0 Å². The van der Waals surface area contributed by atoms with E-state index in [4.69, 9.17) is 4.74 Å². The molecule has 1 aromatic rings. The Hall–Kier alpha value is -1.21. The van der Waals surface area contributed by atoms with Crippen LogP contribution in [0.1, 0.15) is 17.8 Å². The maximum Gasteiger partial charge on any atom is 0.227 e. The number of carbonyl (C=O) groups excluding carboxylic acids is 1. The molecule has 110 valence electrons. The summed E-state index contributed by atoms with van der Waals surface area (Å²) in [5, 5.41) is 10.2. The second-order valence-electron chi connectivity index (χ2n) is 5.33. The van der Waals surface area contributed by atoms with Crippen molar-refractivity contribution in [2.45, 2.75) is 19.8 Å². The minimum atomic E-state index is 0.0889. The monoisotopic (exact) mass is 296 g/mol. The van der Waals surface area contributed by atoms with Crippen molar-refractivity contribution in [1.29, 1.82) is 0 Å². The van der Waals surface area contributed by atoms with Crippen molar-refractivity contribution >= 4 is 22.4 Å². The molecule has 0 aromatic carbocycles. The Kier molecular flexibility index (Phi) is 4.16. The number of amides is 1. The number of hydrogen-bond acceptors (Lipinski definition) is 6. The second kappa shape index (κ2) is 6.05. The van der Waals surface area contributed by atoms with E-state index in [1.54, 1.807) is 11.3 Å². The molecule has 6 nitrogen and oxygen atoms in total. The van der Waals surface area contributed by atoms with Crippen LogP contribution in [0.15, 0.2) is 0 Å². The van der Waals surface area contributed by atoms with Gasteiger partial charge in [0.1, 0.15) is 5.01 Å². The molecule has 7 heteroatoms. The van der Waals surface area contributed by atoms with Crippen LogP contribution in [0, 0.1) is 12.8 Å². The fraction of sp³-hybridized carbons (Fsp3) is 0.769. The Bertz CT molecular complexity index is 473. The maximum atomic E-state index is 12.5. The normalized spacial score (nSPS) is 23.9. The fourth-order valence-corrected chi connectivity index (χ4v) is 3.53. The van der Waals surface area contributed by atoms with Gasteiger partial charge in [-0.3, -0.25) is 4.79 Å². The molecule has 2 aliphatic rings. The first kappa shape index (κ1) is 13.8. The summed E-state index contributed by atoms with van der Waals surface area (Å²) < 4.78 is 5.31. The number of anilines is 1. The van der Waals surface area contributed by atoms with Crippen LogP contribution in [0.4, 0.5) is 5.13 Å². The van der Waals surface area contributed by atoms with Gasteiger partial charge in [-0.2, -0.15) is 0 Å². The Balaban J connectivity index is 1.63. The third kappa shape index (κ3) is 2.93. The summed E-state index contributed by atoms with van der Waals surface area (Å²) in [6.07, 6.45) is 2.02. The predicted molar refractivity (Wildman–Crippen MR) is 77.0 cm³/mol. The number of piperidine rings is 1. The van der Waals surface area contributed by atoms with Crippen molar-refractivity contribution in [3.8, 4) is 0 Å². The average molecular weight is 296 g/mol. The van der Waals surface area contributed by atoms with Gasteiger partial charge >= 0.3 is 0 Å². The first-order valence-electron chi connectivity index (χ1n) is 7.15. The molecule has 0 aliphatic carbocycles. The number of morpholine rings is 1. The molecule has 2 aliphatic heterocycles. The van der Waals surface area contributed by atoms with Crippen LogP contribution in [0.25, 0.3) is 0 Å². The molecule has 3 rings (SSSR count). The standard InChI is InChI=1S/C13H20N4O2S/c1-10-14-15-13(20-10)17-4-2-3-11(9-17)12(18)16-5-7-19-8-6-16/h11H,2-9H2,1H3. The zero-order chi connectivity index (χ0) is 13.9. The van der Waals surface area contributed by atoms with Gasteiger partial charge in [-0.15, -0.1) is 10.2 Å². The lowest BCUT2D eigenvalue weighted by Crippen LogP contribution is -2.48. The highest BCUT2D eigenvalue weighted by Crippen LogP contribution is 2.26. The molecular formula is C13H20N4O2S. The number of ether oxygens (including phenoxy) is 1. The molecule has 2 fully saturated rings. The third-order valence-electron chi connectivity index (χ3n) is 3.88. The van der Waals surface area contributed by atoms with Gasteiger partial charge < -0.3 is 14.5 Å². The van der Waals surface area contributed by atoms with Crippen LogP contribution < -0.4 is 4.90 Å². The van der Waals surface area contributed by atoms with E-state index in [1.807, 2.05) is 11.8 Å². The molecule has 1 atom stereocenters. The van der Waals surface area contributed by atoms with E-state index in [-0.39, 0.29) is 11.8 Å². The lowest BCUT2D eigenvalue weighted by Gasteiger charge is -2.35. The van der Waals surface area contributed by atoms with E-state index >= 15 is 0 Å². The van der Waals surface area contributed by atoms with Gasteiger partial charge in [-0.25, -0.2) is 0 Å². The molecule has 0 bridgehead atoms. The van der Waals surface area contributed by atoms with Gasteiger partial charge in [0.25, 0.3) is 0 Å². The molecule has 1 aromatic heterocycles. The Labute approximate surface area is 122 Å². The number of hydrogen-bond donors (Lipinski definition) is 0. The van der Waals surface area contributed by atoms with Crippen LogP contribution >= 0.6 is 11.3 Å². The average Bonchev–Trinajstić information content (AvgIpc) is 2.94. The van der Waals surface area contributed by atoms with Gasteiger partial charge in [-0.1, -0.05) is 11.3 Å². The minimum Gasteiger partial charge on any atom is -0.378 e. The smallest absolute Gasteiger partial charge is 0.227 e. The SMILES string of the molecule is Cc1nnc(N2CCCC(C(=O)N3CCOCC3)C2)s1. The van der Waals surface area contributed by atoms with Crippen LogP contribution in [-0.4, -0.2) is 60.4 Å². The highest BCUT2D eigenvalue weighted by molar-refractivity contribution is 7.15. The van der Waals surface area contributed by atoms with E-state index in [0.717, 1.165) is 49.2 Å². The second-order valence-corrected chi connectivity index (χ2v) is 6.49. The summed E-state index contributed by atoms with van der Waals surface area (Å²) in [6.45, 7) is 6.49. The van der Waals surface area contributed by atoms with Gasteiger partial charge in [0, 0.05) is 26.2 Å². The van der Waals surface area contributed by atoms with Crippen LogP contribution in [0.2, 0.25) is 0 Å². The van der Waals surface area contributed by atoms with Gasteiger partial charge in [0.2, 0.25) is 11.0 Å². The van der Waals surface area contributed by atoms with Crippen molar-refractivity contribution in [2.75, 3.05) is 44.3 Å². The predicted octanol–water partition coefficient (Wildman–Crippen LogP) is 0.922. The highest BCUT2D eigenvalue weighted by Gasteiger charge is 2.31. The lowest BCUT2D eigenvalue weighted by molar-refractivity contribution is -0.139. The number of aromatic nitrogens is 2. The number of nitrogens with zero attached hydrogens (tertiary/aromatic N) is 4. The number of rotatable bonds is 2. The molecular weight excluding hydrogens is 276 g/mol.